The van der Waals surface area contributed by atoms with Crippen molar-refractivity contribution >= 4 is 140 Å². The summed E-state index contributed by atoms with van der Waals surface area (Å²) in [6, 6.07) is 174. The van der Waals surface area contributed by atoms with E-state index < -0.39 is 0 Å². The van der Waals surface area contributed by atoms with E-state index >= 15 is 0 Å². The van der Waals surface area contributed by atoms with Crippen molar-refractivity contribution in [2.75, 3.05) is 0 Å². The lowest BCUT2D eigenvalue weighted by Crippen LogP contribution is -2.00. The minimum absolute atomic E-state index is 0.731. The number of nitrogens with zero attached hydrogens (tertiary/aromatic N) is 9. The van der Waals surface area contributed by atoms with Gasteiger partial charge in [0, 0.05) is 137 Å². The molecule has 10 heteroatoms. The molecule has 28 aromatic rings. The molecular formula is C131H83N9S. The molecule has 141 heavy (non-hydrogen) atoms. The first-order chi connectivity index (χ1) is 69.9. The SMILES string of the molecule is c1ccc(-c2nc(-c3ccc4nc(-c5ccccc5)c5cccc(-c6ccccc6)c5c4c3)c3sc4ccccc4c3n2)cc1.c1ccc(-c2nc3ccc(-c4cc(-n5c6ccccc6c6ccccc65)cc(-n5c6ccccc6c6ccccc65)c4)cc3c3c(-c4ccccc4)cccc23)cc1.c1ccc(-c2nc3ccc(-c4ccc(-c5ccccn5)nc4)cc3c3c(-c4ccccc4)cccc23)cc1. The normalized spacial score (nSPS) is 11.5. The molecule has 9 heterocycles. The van der Waals surface area contributed by atoms with Crippen LogP contribution in [0.15, 0.2) is 504 Å². The summed E-state index contributed by atoms with van der Waals surface area (Å²) in [6.07, 6.45) is 3.72. The van der Waals surface area contributed by atoms with Gasteiger partial charge in [0.25, 0.3) is 0 Å². The minimum Gasteiger partial charge on any atom is -0.309 e. The van der Waals surface area contributed by atoms with Crippen molar-refractivity contribution in [1.82, 2.24) is 44.0 Å². The summed E-state index contributed by atoms with van der Waals surface area (Å²) >= 11 is 1.76. The number of fused-ring (bicyclic) bond motifs is 18. The Morgan fingerprint density at radius 3 is 0.936 bits per heavy atom. The highest BCUT2D eigenvalue weighted by atomic mass is 32.1. The Balaban J connectivity index is 0.000000111. The Morgan fingerprint density at radius 1 is 0.191 bits per heavy atom. The molecule has 0 aliphatic heterocycles. The van der Waals surface area contributed by atoms with E-state index in [2.05, 4.69) is 457 Å². The molecular weight excluding hydrogens is 1730 g/mol. The van der Waals surface area contributed by atoms with Gasteiger partial charge in [0.1, 0.15) is 0 Å². The molecule has 0 bridgehead atoms. The number of thiophene rings is 1. The highest BCUT2D eigenvalue weighted by Gasteiger charge is 2.25. The topological polar surface area (TPSA) is 100 Å². The predicted octanol–water partition coefficient (Wildman–Crippen LogP) is 34.6. The fraction of sp³-hybridized carbons (Fsp3) is 0. The summed E-state index contributed by atoms with van der Waals surface area (Å²) in [6.45, 7) is 0. The van der Waals surface area contributed by atoms with E-state index in [9.17, 15) is 0 Å². The van der Waals surface area contributed by atoms with Gasteiger partial charge in [-0.1, -0.05) is 388 Å². The lowest BCUT2D eigenvalue weighted by Gasteiger charge is -2.17. The molecule has 0 aliphatic rings. The van der Waals surface area contributed by atoms with Crippen LogP contribution in [0.3, 0.4) is 0 Å². The van der Waals surface area contributed by atoms with Crippen LogP contribution in [0.1, 0.15) is 0 Å². The lowest BCUT2D eigenvalue weighted by molar-refractivity contribution is 1.13. The summed E-state index contributed by atoms with van der Waals surface area (Å²) in [5.41, 5.74) is 33.5. The average molecular weight is 1820 g/mol. The summed E-state index contributed by atoms with van der Waals surface area (Å²) < 4.78 is 7.17. The van der Waals surface area contributed by atoms with Gasteiger partial charge < -0.3 is 9.13 Å². The van der Waals surface area contributed by atoms with Crippen molar-refractivity contribution in [3.05, 3.63) is 504 Å². The van der Waals surface area contributed by atoms with Gasteiger partial charge in [0.15, 0.2) is 5.82 Å². The highest BCUT2D eigenvalue weighted by molar-refractivity contribution is 7.26. The molecule has 19 aromatic carbocycles. The molecule has 0 spiro atoms. The summed E-state index contributed by atoms with van der Waals surface area (Å²) in [5, 5.41) is 16.5. The van der Waals surface area contributed by atoms with E-state index in [1.807, 2.05) is 54.7 Å². The molecule has 0 saturated heterocycles. The Hall–Kier alpha value is -18.6. The van der Waals surface area contributed by atoms with Gasteiger partial charge in [-0.25, -0.2) is 24.9 Å². The van der Waals surface area contributed by atoms with Gasteiger partial charge in [-0.05, 0) is 153 Å². The maximum absolute atomic E-state index is 5.39. The number of hydrogen-bond acceptors (Lipinski definition) is 8. The van der Waals surface area contributed by atoms with Gasteiger partial charge in [-0.3, -0.25) is 9.97 Å². The molecule has 0 radical (unpaired) electrons. The molecule has 9 nitrogen and oxygen atoms in total. The molecule has 28 rings (SSSR count). The average Bonchev–Trinajstić information content (AvgIpc) is 1.61. The molecule has 0 N–H and O–H groups in total. The van der Waals surface area contributed by atoms with Crippen LogP contribution in [0.2, 0.25) is 0 Å². The molecule has 658 valence electrons. The van der Waals surface area contributed by atoms with E-state index in [1.54, 1.807) is 17.5 Å². The van der Waals surface area contributed by atoms with Crippen molar-refractivity contribution in [2.45, 2.75) is 0 Å². The molecule has 0 fully saturated rings. The van der Waals surface area contributed by atoms with Crippen LogP contribution in [0.5, 0.6) is 0 Å². The van der Waals surface area contributed by atoms with Crippen LogP contribution in [0.4, 0.5) is 0 Å². The smallest absolute Gasteiger partial charge is 0.160 e. The standard InChI is InChI=1S/C55H35N3.C41H25N3S.C35H23N3/c1-3-16-36(17-4-1)42-24-15-25-47-54(42)48-34-38(30-31-49(48)56-55(47)37-18-5-2-6-19-37)39-32-40(57-50-26-11-7-20-43(50)44-21-8-12-27-51(44)57)35-41(33-39)58-52-28-13-9-22-45(52)46-23-10-14-29-53(46)58;1-4-13-26(14-5-1)30-20-12-21-32-36(30)33-25-29(23-24-34(33)42-37(32)27-15-6-2-7-16-27)38-40-39(31-19-10-11-22-35(31)45-40)44-41(43-38)28-17-8-3-9-18-28;1-3-10-24(11-4-1)28-14-9-15-29-34(28)30-22-26(17-19-31(30)38-35(29)25-12-5-2-6-13-25)27-18-20-33(37-23-27)32-16-7-8-21-36-32/h1-35H;1-25H;1-23H. The monoisotopic (exact) mass is 1810 g/mol. The van der Waals surface area contributed by atoms with Crippen LogP contribution in [-0.4, -0.2) is 44.0 Å². The first kappa shape index (κ1) is 83.0. The zero-order valence-electron chi connectivity index (χ0n) is 76.4. The van der Waals surface area contributed by atoms with E-state index in [4.69, 9.17) is 29.9 Å². The van der Waals surface area contributed by atoms with Gasteiger partial charge in [0.05, 0.1) is 83.0 Å². The van der Waals surface area contributed by atoms with Crippen LogP contribution in [0.25, 0.3) is 264 Å². The highest BCUT2D eigenvalue weighted by Crippen LogP contribution is 2.48. The Morgan fingerprint density at radius 2 is 0.532 bits per heavy atom. The van der Waals surface area contributed by atoms with E-state index in [1.165, 1.54) is 97.9 Å². The number of para-hydroxylation sites is 4. The third-order valence-electron chi connectivity index (χ3n) is 27.3. The molecule has 0 saturated carbocycles. The van der Waals surface area contributed by atoms with Gasteiger partial charge >= 0.3 is 0 Å². The number of rotatable bonds is 13. The molecule has 0 amide bonds. The second-order valence-corrected chi connectivity index (χ2v) is 36.7. The second kappa shape index (κ2) is 35.6. The molecule has 0 unspecified atom stereocenters. The first-order valence-corrected chi connectivity index (χ1v) is 48.4. The predicted molar refractivity (Wildman–Crippen MR) is 590 cm³/mol. The van der Waals surface area contributed by atoms with Crippen molar-refractivity contribution in [3.63, 3.8) is 0 Å². The van der Waals surface area contributed by atoms with Crippen LogP contribution >= 0.6 is 11.3 Å². The third-order valence-corrected chi connectivity index (χ3v) is 28.5. The van der Waals surface area contributed by atoms with Crippen molar-refractivity contribution in [1.29, 1.82) is 0 Å². The van der Waals surface area contributed by atoms with Gasteiger partial charge in [0.2, 0.25) is 0 Å². The van der Waals surface area contributed by atoms with Crippen LogP contribution in [-0.2, 0) is 0 Å². The molecule has 0 aliphatic carbocycles. The Labute approximate surface area is 816 Å². The van der Waals surface area contributed by atoms with Crippen molar-refractivity contribution in [3.8, 4) is 135 Å². The molecule has 0 atom stereocenters. The van der Waals surface area contributed by atoms with E-state index in [0.717, 1.165) is 166 Å². The number of benzene rings is 19. The number of aromatic nitrogens is 9. The fourth-order valence-corrected chi connectivity index (χ4v) is 22.0. The summed E-state index contributed by atoms with van der Waals surface area (Å²) in [7, 11) is 0. The van der Waals surface area contributed by atoms with E-state index in [-0.39, 0.29) is 0 Å². The Bertz CT molecular complexity index is 9460. The third kappa shape index (κ3) is 15.0. The summed E-state index contributed by atoms with van der Waals surface area (Å²) in [4.78, 5) is 35.3. The quantitative estimate of drug-likeness (QED) is 0.106. The zero-order valence-corrected chi connectivity index (χ0v) is 77.2. The van der Waals surface area contributed by atoms with Crippen LogP contribution < -0.4 is 0 Å². The minimum atomic E-state index is 0.731. The first-order valence-electron chi connectivity index (χ1n) is 47.6. The molecule has 9 aromatic heterocycles. The zero-order chi connectivity index (χ0) is 93.2. The number of hydrogen-bond donors (Lipinski definition) is 0. The van der Waals surface area contributed by atoms with Gasteiger partial charge in [-0.2, -0.15) is 0 Å². The van der Waals surface area contributed by atoms with Crippen molar-refractivity contribution in [2.24, 2.45) is 0 Å². The van der Waals surface area contributed by atoms with Crippen molar-refractivity contribution < 1.29 is 0 Å². The largest absolute Gasteiger partial charge is 0.309 e. The van der Waals surface area contributed by atoms with Crippen LogP contribution in [0, 0.1) is 0 Å². The maximum Gasteiger partial charge on any atom is 0.160 e. The maximum atomic E-state index is 5.39. The lowest BCUT2D eigenvalue weighted by atomic mass is 9.91. The fourth-order valence-electron chi connectivity index (χ4n) is 20.8. The second-order valence-electron chi connectivity index (χ2n) is 35.6. The number of pyridine rings is 5. The summed E-state index contributed by atoms with van der Waals surface area (Å²) in [5.74, 6) is 0.731. The van der Waals surface area contributed by atoms with E-state index in [0.29, 0.717) is 0 Å². The van der Waals surface area contributed by atoms with Gasteiger partial charge in [-0.15, -0.1) is 11.3 Å². The Kier molecular flexibility index (Phi) is 20.9.